The number of rotatable bonds is 5. The van der Waals surface area contributed by atoms with Gasteiger partial charge in [-0.05, 0) is 37.5 Å². The van der Waals surface area contributed by atoms with E-state index in [0.29, 0.717) is 25.9 Å². The van der Waals surface area contributed by atoms with Crippen LogP contribution >= 0.6 is 0 Å². The largest absolute Gasteiger partial charge is 0.368 e. The van der Waals surface area contributed by atoms with E-state index < -0.39 is 9.84 Å². The Morgan fingerprint density at radius 2 is 1.78 bits per heavy atom. The molecule has 0 unspecified atom stereocenters. The van der Waals surface area contributed by atoms with Crippen molar-refractivity contribution >= 4 is 21.4 Å². The first-order chi connectivity index (χ1) is 10.8. The first-order valence-electron chi connectivity index (χ1n) is 8.04. The van der Waals surface area contributed by atoms with E-state index in [1.165, 1.54) is 23.1 Å². The summed E-state index contributed by atoms with van der Waals surface area (Å²) in [5.74, 6) is 0.149. The van der Waals surface area contributed by atoms with E-state index in [2.05, 4.69) is 36.9 Å². The Bertz CT molecular complexity index is 662. The zero-order valence-electron chi connectivity index (χ0n) is 14.2. The molecule has 1 aromatic rings. The van der Waals surface area contributed by atoms with Gasteiger partial charge in [-0.25, -0.2) is 8.42 Å². The predicted molar refractivity (Wildman–Crippen MR) is 93.7 cm³/mol. The predicted octanol–water partition coefficient (Wildman–Crippen LogP) is 1.78. The normalized spacial score (nSPS) is 15.8. The maximum Gasteiger partial charge on any atom is 0.222 e. The molecular weight excluding hydrogens is 312 g/mol. The highest BCUT2D eigenvalue weighted by molar-refractivity contribution is 7.90. The number of hydrogen-bond acceptors (Lipinski definition) is 4. The molecule has 0 aromatic heterocycles. The zero-order chi connectivity index (χ0) is 17.0. The fourth-order valence-corrected chi connectivity index (χ4v) is 3.59. The van der Waals surface area contributed by atoms with E-state index >= 15 is 0 Å². The molecule has 1 aliphatic heterocycles. The molecule has 23 heavy (non-hydrogen) atoms. The van der Waals surface area contributed by atoms with Gasteiger partial charge in [0.1, 0.15) is 9.84 Å². The summed E-state index contributed by atoms with van der Waals surface area (Å²) >= 11 is 0. The lowest BCUT2D eigenvalue weighted by Crippen LogP contribution is -2.49. The van der Waals surface area contributed by atoms with E-state index in [9.17, 15) is 13.2 Å². The second kappa shape index (κ2) is 7.34. The average molecular weight is 338 g/mol. The van der Waals surface area contributed by atoms with Crippen LogP contribution in [0.25, 0.3) is 0 Å². The average Bonchev–Trinajstić information content (AvgIpc) is 2.49. The molecule has 0 aliphatic carbocycles. The molecule has 0 bridgehead atoms. The Balaban J connectivity index is 1.86. The van der Waals surface area contributed by atoms with Gasteiger partial charge in [0.15, 0.2) is 0 Å². The standard InChI is InChI=1S/C17H26N2O3S/c1-14-6-4-7-16(15(14)2)18-9-11-19(12-10-18)17(20)8-5-13-23(3,21)22/h4,6-7H,5,8-13H2,1-3H3. The van der Waals surface area contributed by atoms with Crippen LogP contribution in [-0.4, -0.2) is 57.4 Å². The van der Waals surface area contributed by atoms with Crippen molar-refractivity contribution in [1.82, 2.24) is 4.90 Å². The third-order valence-corrected chi connectivity index (χ3v) is 5.49. The molecule has 6 heteroatoms. The minimum absolute atomic E-state index is 0.0641. The Morgan fingerprint density at radius 3 is 2.39 bits per heavy atom. The summed E-state index contributed by atoms with van der Waals surface area (Å²) in [6.45, 7) is 7.29. The second-order valence-electron chi connectivity index (χ2n) is 6.32. The number of anilines is 1. The summed E-state index contributed by atoms with van der Waals surface area (Å²) in [5.41, 5.74) is 3.82. The number of piperazine rings is 1. The smallest absolute Gasteiger partial charge is 0.222 e. The van der Waals surface area contributed by atoms with Crippen LogP contribution in [0.4, 0.5) is 5.69 Å². The Morgan fingerprint density at radius 1 is 1.13 bits per heavy atom. The molecule has 2 rings (SSSR count). The van der Waals surface area contributed by atoms with Crippen molar-refractivity contribution in [3.63, 3.8) is 0 Å². The molecule has 0 radical (unpaired) electrons. The molecule has 5 nitrogen and oxygen atoms in total. The first-order valence-corrected chi connectivity index (χ1v) is 10.1. The quantitative estimate of drug-likeness (QED) is 0.821. The van der Waals surface area contributed by atoms with Crippen LogP contribution in [0.15, 0.2) is 18.2 Å². The highest BCUT2D eigenvalue weighted by Gasteiger charge is 2.22. The topological polar surface area (TPSA) is 57.7 Å². The number of nitrogens with zero attached hydrogens (tertiary/aromatic N) is 2. The van der Waals surface area contributed by atoms with Crippen molar-refractivity contribution in [1.29, 1.82) is 0 Å². The van der Waals surface area contributed by atoms with Crippen LogP contribution in [0.3, 0.4) is 0 Å². The second-order valence-corrected chi connectivity index (χ2v) is 8.58. The molecule has 1 fully saturated rings. The molecule has 0 N–H and O–H groups in total. The van der Waals surface area contributed by atoms with Gasteiger partial charge in [0.25, 0.3) is 0 Å². The van der Waals surface area contributed by atoms with Crippen molar-refractivity contribution in [3.05, 3.63) is 29.3 Å². The van der Waals surface area contributed by atoms with Gasteiger partial charge >= 0.3 is 0 Å². The number of carbonyl (C=O) groups is 1. The minimum atomic E-state index is -2.98. The fraction of sp³-hybridized carbons (Fsp3) is 0.588. The van der Waals surface area contributed by atoms with Crippen molar-refractivity contribution in [2.45, 2.75) is 26.7 Å². The summed E-state index contributed by atoms with van der Waals surface area (Å²) in [6.07, 6.45) is 1.94. The van der Waals surface area contributed by atoms with Crippen LogP contribution in [0, 0.1) is 13.8 Å². The molecule has 1 amide bonds. The lowest BCUT2D eigenvalue weighted by molar-refractivity contribution is -0.131. The summed E-state index contributed by atoms with van der Waals surface area (Å²) in [6, 6.07) is 6.31. The number of aryl methyl sites for hydroxylation is 1. The lowest BCUT2D eigenvalue weighted by Gasteiger charge is -2.37. The molecule has 1 heterocycles. The third-order valence-electron chi connectivity index (χ3n) is 4.45. The third kappa shape index (κ3) is 4.96. The van der Waals surface area contributed by atoms with E-state index in [-0.39, 0.29) is 11.7 Å². The molecule has 1 saturated heterocycles. The molecular formula is C17H26N2O3S. The van der Waals surface area contributed by atoms with Gasteiger partial charge in [-0.1, -0.05) is 12.1 Å². The zero-order valence-corrected chi connectivity index (χ0v) is 15.0. The number of hydrogen-bond donors (Lipinski definition) is 0. The number of carbonyl (C=O) groups excluding carboxylic acids is 1. The molecule has 1 aliphatic rings. The van der Waals surface area contributed by atoms with Gasteiger partial charge in [0.05, 0.1) is 5.75 Å². The molecule has 0 spiro atoms. The number of amides is 1. The van der Waals surface area contributed by atoms with E-state index in [4.69, 9.17) is 0 Å². The van der Waals surface area contributed by atoms with Crippen LogP contribution in [0.2, 0.25) is 0 Å². The maximum atomic E-state index is 12.2. The van der Waals surface area contributed by atoms with E-state index in [1.54, 1.807) is 0 Å². The Kier molecular flexibility index (Phi) is 5.68. The van der Waals surface area contributed by atoms with Gasteiger partial charge in [-0.2, -0.15) is 0 Å². The highest BCUT2D eigenvalue weighted by Crippen LogP contribution is 2.24. The maximum absolute atomic E-state index is 12.2. The van der Waals surface area contributed by atoms with Crippen LogP contribution in [0.5, 0.6) is 0 Å². The Hall–Kier alpha value is -1.56. The van der Waals surface area contributed by atoms with Gasteiger partial charge in [-0.15, -0.1) is 0 Å². The summed E-state index contributed by atoms with van der Waals surface area (Å²) in [4.78, 5) is 16.3. The SMILES string of the molecule is Cc1cccc(N2CCN(C(=O)CCCS(C)(=O)=O)CC2)c1C. The molecule has 0 saturated carbocycles. The fourth-order valence-electron chi connectivity index (χ4n) is 2.92. The van der Waals surface area contributed by atoms with Crippen LogP contribution in [0.1, 0.15) is 24.0 Å². The minimum Gasteiger partial charge on any atom is -0.368 e. The van der Waals surface area contributed by atoms with E-state index in [1.807, 2.05) is 4.90 Å². The van der Waals surface area contributed by atoms with Gasteiger partial charge in [0, 0.05) is 44.5 Å². The van der Waals surface area contributed by atoms with Crippen LogP contribution in [-0.2, 0) is 14.6 Å². The summed E-state index contributed by atoms with van der Waals surface area (Å²) < 4.78 is 22.2. The number of sulfone groups is 1. The van der Waals surface area contributed by atoms with Gasteiger partial charge < -0.3 is 9.80 Å². The van der Waals surface area contributed by atoms with Crippen molar-refractivity contribution in [2.75, 3.05) is 43.1 Å². The van der Waals surface area contributed by atoms with Gasteiger partial charge in [-0.3, -0.25) is 4.79 Å². The number of benzene rings is 1. The van der Waals surface area contributed by atoms with Crippen molar-refractivity contribution in [3.8, 4) is 0 Å². The Labute approximate surface area is 139 Å². The monoisotopic (exact) mass is 338 g/mol. The molecule has 1 aromatic carbocycles. The summed E-state index contributed by atoms with van der Waals surface area (Å²) in [7, 11) is -2.98. The molecule has 128 valence electrons. The lowest BCUT2D eigenvalue weighted by atomic mass is 10.1. The summed E-state index contributed by atoms with van der Waals surface area (Å²) in [5, 5.41) is 0. The first kappa shape index (κ1) is 17.8. The molecule has 0 atom stereocenters. The van der Waals surface area contributed by atoms with Crippen LogP contribution < -0.4 is 4.90 Å². The van der Waals surface area contributed by atoms with E-state index in [0.717, 1.165) is 13.1 Å². The van der Waals surface area contributed by atoms with Crippen molar-refractivity contribution < 1.29 is 13.2 Å². The highest BCUT2D eigenvalue weighted by atomic mass is 32.2. The van der Waals surface area contributed by atoms with Gasteiger partial charge in [0.2, 0.25) is 5.91 Å². The van der Waals surface area contributed by atoms with Crippen molar-refractivity contribution in [2.24, 2.45) is 0 Å².